The van der Waals surface area contributed by atoms with Crippen LogP contribution in [0.2, 0.25) is 0 Å². The van der Waals surface area contributed by atoms with E-state index in [2.05, 4.69) is 9.97 Å². The first kappa shape index (κ1) is 11.3. The van der Waals surface area contributed by atoms with Crippen molar-refractivity contribution >= 4 is 17.0 Å². The minimum Gasteiger partial charge on any atom is -0.481 e. The van der Waals surface area contributed by atoms with Crippen LogP contribution >= 0.6 is 0 Å². The van der Waals surface area contributed by atoms with Crippen LogP contribution in [0.4, 0.5) is 0 Å². The molecule has 17 heavy (non-hydrogen) atoms. The van der Waals surface area contributed by atoms with E-state index in [-0.39, 0.29) is 5.97 Å². The fourth-order valence-electron chi connectivity index (χ4n) is 1.43. The molecule has 2 rings (SSSR count). The van der Waals surface area contributed by atoms with Crippen LogP contribution in [-0.2, 0) is 4.74 Å². The zero-order chi connectivity index (χ0) is 12.3. The zero-order valence-corrected chi connectivity index (χ0v) is 9.64. The molecule has 0 aliphatic rings. The van der Waals surface area contributed by atoms with Crippen LogP contribution < -0.4 is 4.74 Å². The Morgan fingerprint density at radius 1 is 1.41 bits per heavy atom. The summed E-state index contributed by atoms with van der Waals surface area (Å²) < 4.78 is 9.89. The van der Waals surface area contributed by atoms with Crippen molar-refractivity contribution in [2.45, 2.75) is 6.92 Å². The van der Waals surface area contributed by atoms with Crippen molar-refractivity contribution in [3.05, 3.63) is 30.0 Å². The van der Waals surface area contributed by atoms with Gasteiger partial charge < -0.3 is 9.47 Å². The van der Waals surface area contributed by atoms with E-state index >= 15 is 0 Å². The van der Waals surface area contributed by atoms with Crippen LogP contribution in [0, 0.1) is 0 Å². The van der Waals surface area contributed by atoms with Crippen molar-refractivity contribution in [3.63, 3.8) is 0 Å². The SMILES string of the molecule is CCOC(=O)c1cnc2nc(OC)ccc2c1. The maximum Gasteiger partial charge on any atom is 0.339 e. The molecule has 0 spiro atoms. The molecular formula is C12H12N2O3. The fourth-order valence-corrected chi connectivity index (χ4v) is 1.43. The highest BCUT2D eigenvalue weighted by atomic mass is 16.5. The Bertz CT molecular complexity index is 554. The van der Waals surface area contributed by atoms with Gasteiger partial charge in [-0.05, 0) is 19.1 Å². The number of carbonyl (C=O) groups is 1. The first-order chi connectivity index (χ1) is 8.24. The minimum atomic E-state index is -0.377. The first-order valence-corrected chi connectivity index (χ1v) is 5.22. The van der Waals surface area contributed by atoms with E-state index in [0.29, 0.717) is 23.7 Å². The second-order valence-electron chi connectivity index (χ2n) is 3.34. The van der Waals surface area contributed by atoms with E-state index in [9.17, 15) is 4.79 Å². The lowest BCUT2D eigenvalue weighted by Crippen LogP contribution is -2.05. The summed E-state index contributed by atoms with van der Waals surface area (Å²) in [6.07, 6.45) is 1.45. The largest absolute Gasteiger partial charge is 0.481 e. The second-order valence-corrected chi connectivity index (χ2v) is 3.34. The Kier molecular flexibility index (Phi) is 3.18. The van der Waals surface area contributed by atoms with Gasteiger partial charge >= 0.3 is 5.97 Å². The molecule has 2 heterocycles. The van der Waals surface area contributed by atoms with Crippen molar-refractivity contribution in [3.8, 4) is 5.88 Å². The summed E-state index contributed by atoms with van der Waals surface area (Å²) in [6, 6.07) is 5.22. The van der Waals surface area contributed by atoms with Gasteiger partial charge in [-0.25, -0.2) is 9.78 Å². The predicted molar refractivity (Wildman–Crippen MR) is 62.0 cm³/mol. The lowest BCUT2D eigenvalue weighted by Gasteiger charge is -2.03. The predicted octanol–water partition coefficient (Wildman–Crippen LogP) is 1.82. The van der Waals surface area contributed by atoms with Gasteiger partial charge in [0.05, 0.1) is 19.3 Å². The van der Waals surface area contributed by atoms with Gasteiger partial charge in [-0.2, -0.15) is 4.98 Å². The van der Waals surface area contributed by atoms with E-state index in [0.717, 1.165) is 5.39 Å². The second kappa shape index (κ2) is 4.78. The maximum atomic E-state index is 11.5. The molecule has 88 valence electrons. The molecule has 0 atom stereocenters. The minimum absolute atomic E-state index is 0.345. The molecule has 0 bridgehead atoms. The molecule has 2 aromatic rings. The summed E-state index contributed by atoms with van der Waals surface area (Å²) in [6.45, 7) is 2.11. The third-order valence-electron chi connectivity index (χ3n) is 2.24. The molecule has 0 saturated heterocycles. The van der Waals surface area contributed by atoms with E-state index < -0.39 is 0 Å². The molecule has 5 nitrogen and oxygen atoms in total. The molecule has 0 N–H and O–H groups in total. The number of hydrogen-bond donors (Lipinski definition) is 0. The normalized spacial score (nSPS) is 10.2. The summed E-state index contributed by atoms with van der Waals surface area (Å²) in [5.74, 6) is 0.117. The number of pyridine rings is 2. The molecule has 2 aromatic heterocycles. The van der Waals surface area contributed by atoms with Crippen molar-refractivity contribution in [1.29, 1.82) is 0 Å². The summed E-state index contributed by atoms with van der Waals surface area (Å²) >= 11 is 0. The topological polar surface area (TPSA) is 61.3 Å². The monoisotopic (exact) mass is 232 g/mol. The van der Waals surface area contributed by atoms with Crippen LogP contribution in [0.15, 0.2) is 24.4 Å². The Morgan fingerprint density at radius 3 is 2.94 bits per heavy atom. The zero-order valence-electron chi connectivity index (χ0n) is 9.64. The molecule has 0 unspecified atom stereocenters. The quantitative estimate of drug-likeness (QED) is 0.755. The molecule has 0 saturated carbocycles. The number of methoxy groups -OCH3 is 1. The molecule has 0 amide bonds. The number of hydrogen-bond acceptors (Lipinski definition) is 5. The molecule has 0 radical (unpaired) electrons. The summed E-state index contributed by atoms with van der Waals surface area (Å²) in [4.78, 5) is 19.8. The van der Waals surface area contributed by atoms with E-state index in [1.807, 2.05) is 0 Å². The van der Waals surface area contributed by atoms with E-state index in [1.54, 1.807) is 32.2 Å². The average molecular weight is 232 g/mol. The summed E-state index contributed by atoms with van der Waals surface area (Å²) in [7, 11) is 1.54. The molecule has 0 aliphatic carbocycles. The Hall–Kier alpha value is -2.17. The number of ether oxygens (including phenoxy) is 2. The third-order valence-corrected chi connectivity index (χ3v) is 2.24. The lowest BCUT2D eigenvalue weighted by molar-refractivity contribution is 0.0526. The van der Waals surface area contributed by atoms with Crippen LogP contribution in [0.5, 0.6) is 5.88 Å². The van der Waals surface area contributed by atoms with E-state index in [1.165, 1.54) is 6.20 Å². The standard InChI is InChI=1S/C12H12N2O3/c1-3-17-12(15)9-6-8-4-5-10(16-2)14-11(8)13-7-9/h4-7H,3H2,1-2H3. The Morgan fingerprint density at radius 2 is 2.24 bits per heavy atom. The highest BCUT2D eigenvalue weighted by molar-refractivity contribution is 5.92. The summed E-state index contributed by atoms with van der Waals surface area (Å²) in [5, 5.41) is 0.774. The van der Waals surface area contributed by atoms with Gasteiger partial charge in [0.15, 0.2) is 5.65 Å². The molecule has 0 fully saturated rings. The summed E-state index contributed by atoms with van der Waals surface area (Å²) in [5.41, 5.74) is 0.962. The maximum absolute atomic E-state index is 11.5. The van der Waals surface area contributed by atoms with Crippen molar-refractivity contribution < 1.29 is 14.3 Å². The molecule has 0 aliphatic heterocycles. The van der Waals surface area contributed by atoms with Gasteiger partial charge in [0, 0.05) is 17.6 Å². The van der Waals surface area contributed by atoms with Crippen molar-refractivity contribution in [1.82, 2.24) is 9.97 Å². The first-order valence-electron chi connectivity index (χ1n) is 5.22. The van der Waals surface area contributed by atoms with Gasteiger partial charge in [-0.15, -0.1) is 0 Å². The number of rotatable bonds is 3. The smallest absolute Gasteiger partial charge is 0.339 e. The van der Waals surface area contributed by atoms with Crippen LogP contribution in [0.1, 0.15) is 17.3 Å². The van der Waals surface area contributed by atoms with Crippen molar-refractivity contribution in [2.75, 3.05) is 13.7 Å². The highest BCUT2D eigenvalue weighted by Crippen LogP contribution is 2.16. The van der Waals surface area contributed by atoms with Gasteiger partial charge in [-0.1, -0.05) is 0 Å². The van der Waals surface area contributed by atoms with Gasteiger partial charge in [0.1, 0.15) is 0 Å². The Labute approximate surface area is 98.4 Å². The number of nitrogens with zero attached hydrogens (tertiary/aromatic N) is 2. The van der Waals surface area contributed by atoms with E-state index in [4.69, 9.17) is 9.47 Å². The molecule has 5 heteroatoms. The van der Waals surface area contributed by atoms with Crippen LogP contribution in [0.3, 0.4) is 0 Å². The van der Waals surface area contributed by atoms with Crippen LogP contribution in [-0.4, -0.2) is 29.7 Å². The van der Waals surface area contributed by atoms with Crippen molar-refractivity contribution in [2.24, 2.45) is 0 Å². The van der Waals surface area contributed by atoms with Gasteiger partial charge in [0.2, 0.25) is 5.88 Å². The number of esters is 1. The number of aromatic nitrogens is 2. The molecule has 0 aromatic carbocycles. The lowest BCUT2D eigenvalue weighted by atomic mass is 10.2. The number of fused-ring (bicyclic) bond motifs is 1. The fraction of sp³-hybridized carbons (Fsp3) is 0.250. The average Bonchev–Trinajstić information content (AvgIpc) is 2.37. The van der Waals surface area contributed by atoms with Gasteiger partial charge in [-0.3, -0.25) is 0 Å². The Balaban J connectivity index is 2.41. The van der Waals surface area contributed by atoms with Crippen LogP contribution in [0.25, 0.3) is 11.0 Å². The number of carbonyl (C=O) groups excluding carboxylic acids is 1. The molecular weight excluding hydrogens is 220 g/mol. The third kappa shape index (κ3) is 2.33. The highest BCUT2D eigenvalue weighted by Gasteiger charge is 2.08. The van der Waals surface area contributed by atoms with Gasteiger partial charge in [0.25, 0.3) is 0 Å².